The molecule has 1 aromatic rings. The first kappa shape index (κ1) is 9.48. The molecular weight excluding hydrogens is 245 g/mol. The molecule has 1 heterocycles. The Morgan fingerprint density at radius 2 is 2.42 bits per heavy atom. The smallest absolute Gasteiger partial charge is 0.309 e. The molecule has 0 bridgehead atoms. The zero-order valence-corrected chi connectivity index (χ0v) is 8.26. The molecule has 0 saturated carbocycles. The first-order valence-corrected chi connectivity index (χ1v) is 4.28. The summed E-state index contributed by atoms with van der Waals surface area (Å²) in [6.45, 7) is 0. The fourth-order valence-electron chi connectivity index (χ4n) is 0.705. The fraction of sp³-hybridized carbons (Fsp3) is 0.143. The van der Waals surface area contributed by atoms with Gasteiger partial charge in [-0.3, -0.25) is 9.78 Å². The van der Waals surface area contributed by atoms with Gasteiger partial charge in [0.2, 0.25) is 0 Å². The second kappa shape index (κ2) is 3.87. The van der Waals surface area contributed by atoms with E-state index in [1.165, 1.54) is 6.20 Å². The van der Waals surface area contributed by atoms with Gasteiger partial charge in [-0.15, -0.1) is 0 Å². The van der Waals surface area contributed by atoms with Crippen molar-refractivity contribution in [3.63, 3.8) is 0 Å². The molecule has 1 rings (SSSR count). The molecule has 0 unspecified atom stereocenters. The number of nitrogens with zero attached hydrogens (tertiary/aromatic N) is 1. The topological polar surface area (TPSA) is 50.2 Å². The van der Waals surface area contributed by atoms with E-state index < -0.39 is 5.97 Å². The Labute approximate surface area is 82.5 Å². The number of carboxylic acids is 1. The maximum Gasteiger partial charge on any atom is 0.309 e. The first-order valence-electron chi connectivity index (χ1n) is 3.11. The minimum atomic E-state index is -0.906. The molecular formula is C7H5BrClNO2. The van der Waals surface area contributed by atoms with Crippen molar-refractivity contribution in [2.24, 2.45) is 0 Å². The average molecular weight is 250 g/mol. The van der Waals surface area contributed by atoms with Crippen LogP contribution in [0, 0.1) is 0 Å². The second-order valence-corrected chi connectivity index (χ2v) is 3.42. The molecule has 1 aromatic heterocycles. The lowest BCUT2D eigenvalue weighted by atomic mass is 10.3. The van der Waals surface area contributed by atoms with Crippen molar-refractivity contribution in [3.8, 4) is 0 Å². The van der Waals surface area contributed by atoms with Gasteiger partial charge >= 0.3 is 5.97 Å². The minimum absolute atomic E-state index is 0.0875. The summed E-state index contributed by atoms with van der Waals surface area (Å²) in [5.74, 6) is -0.906. The van der Waals surface area contributed by atoms with Crippen molar-refractivity contribution in [3.05, 3.63) is 27.5 Å². The molecule has 1 N–H and O–H groups in total. The Bertz CT molecular complexity index is 316. The highest BCUT2D eigenvalue weighted by atomic mass is 79.9. The number of hydrogen-bond donors (Lipinski definition) is 1. The predicted molar refractivity (Wildman–Crippen MR) is 48.3 cm³/mol. The highest BCUT2D eigenvalue weighted by Crippen LogP contribution is 2.21. The first-order chi connectivity index (χ1) is 5.59. The molecule has 0 aliphatic carbocycles. The summed E-state index contributed by atoms with van der Waals surface area (Å²) >= 11 is 8.83. The average Bonchev–Trinajstić information content (AvgIpc) is 1.96. The summed E-state index contributed by atoms with van der Waals surface area (Å²) in [5, 5.41) is 8.91. The summed E-state index contributed by atoms with van der Waals surface area (Å²) in [7, 11) is 0. The largest absolute Gasteiger partial charge is 0.481 e. The van der Waals surface area contributed by atoms with Gasteiger partial charge in [0.05, 0.1) is 17.1 Å². The maximum absolute atomic E-state index is 10.3. The predicted octanol–water partition coefficient (Wildman–Crippen LogP) is 2.12. The van der Waals surface area contributed by atoms with E-state index in [0.29, 0.717) is 15.2 Å². The van der Waals surface area contributed by atoms with Crippen LogP contribution in [-0.4, -0.2) is 16.1 Å². The third kappa shape index (κ3) is 2.46. The van der Waals surface area contributed by atoms with Gasteiger partial charge in [0.15, 0.2) is 0 Å². The molecule has 0 saturated heterocycles. The van der Waals surface area contributed by atoms with Crippen LogP contribution in [0.5, 0.6) is 0 Å². The van der Waals surface area contributed by atoms with E-state index in [2.05, 4.69) is 20.9 Å². The molecule has 0 radical (unpaired) electrons. The molecule has 0 fully saturated rings. The van der Waals surface area contributed by atoms with E-state index in [-0.39, 0.29) is 6.42 Å². The molecule has 0 aliphatic rings. The van der Waals surface area contributed by atoms with Crippen molar-refractivity contribution in [1.29, 1.82) is 0 Å². The molecule has 3 nitrogen and oxygen atoms in total. The Hall–Kier alpha value is -0.610. The van der Waals surface area contributed by atoms with Crippen LogP contribution in [0.15, 0.2) is 16.7 Å². The van der Waals surface area contributed by atoms with Gasteiger partial charge in [0.1, 0.15) is 0 Å². The van der Waals surface area contributed by atoms with Crippen LogP contribution in [0.1, 0.15) is 5.69 Å². The molecule has 64 valence electrons. The van der Waals surface area contributed by atoms with E-state index in [0.717, 1.165) is 0 Å². The fourth-order valence-corrected chi connectivity index (χ4v) is 1.18. The zero-order valence-electron chi connectivity index (χ0n) is 5.92. The van der Waals surface area contributed by atoms with E-state index in [1.54, 1.807) is 6.07 Å². The quantitative estimate of drug-likeness (QED) is 0.875. The third-order valence-electron chi connectivity index (χ3n) is 1.20. The van der Waals surface area contributed by atoms with Crippen LogP contribution >= 0.6 is 27.5 Å². The number of halogens is 2. The SMILES string of the molecule is O=C(O)Cc1cc(Br)c(Cl)cn1. The molecule has 0 amide bonds. The Balaban J connectivity index is 2.89. The number of aliphatic carboxylic acids is 1. The summed E-state index contributed by atoms with van der Waals surface area (Å²) in [4.78, 5) is 14.1. The number of rotatable bonds is 2. The van der Waals surface area contributed by atoms with Gasteiger partial charge < -0.3 is 5.11 Å². The summed E-state index contributed by atoms with van der Waals surface area (Å²) in [5.41, 5.74) is 0.485. The van der Waals surface area contributed by atoms with Crippen molar-refractivity contribution in [2.45, 2.75) is 6.42 Å². The van der Waals surface area contributed by atoms with Crippen LogP contribution in [-0.2, 0) is 11.2 Å². The van der Waals surface area contributed by atoms with E-state index in [1.807, 2.05) is 0 Å². The van der Waals surface area contributed by atoms with Gasteiger partial charge in [-0.2, -0.15) is 0 Å². The van der Waals surface area contributed by atoms with Crippen LogP contribution in [0.3, 0.4) is 0 Å². The summed E-state index contributed by atoms with van der Waals surface area (Å²) in [6.07, 6.45) is 1.33. The molecule has 12 heavy (non-hydrogen) atoms. The van der Waals surface area contributed by atoms with Crippen LogP contribution in [0.2, 0.25) is 5.02 Å². The van der Waals surface area contributed by atoms with E-state index in [4.69, 9.17) is 16.7 Å². The highest BCUT2D eigenvalue weighted by Gasteiger charge is 2.04. The van der Waals surface area contributed by atoms with Crippen molar-refractivity contribution < 1.29 is 9.90 Å². The maximum atomic E-state index is 10.3. The summed E-state index contributed by atoms with van der Waals surface area (Å²) in [6, 6.07) is 1.59. The zero-order chi connectivity index (χ0) is 9.14. The number of pyridine rings is 1. The normalized spacial score (nSPS) is 9.83. The highest BCUT2D eigenvalue weighted by molar-refractivity contribution is 9.10. The second-order valence-electron chi connectivity index (χ2n) is 2.16. The third-order valence-corrected chi connectivity index (χ3v) is 2.38. The van der Waals surface area contributed by atoms with Gasteiger partial charge in [0.25, 0.3) is 0 Å². The molecule has 0 aliphatic heterocycles. The van der Waals surface area contributed by atoms with Gasteiger partial charge in [-0.25, -0.2) is 0 Å². The van der Waals surface area contributed by atoms with Crippen molar-refractivity contribution >= 4 is 33.5 Å². The number of carboxylic acid groups (broad SMARTS) is 1. The van der Waals surface area contributed by atoms with Crippen LogP contribution < -0.4 is 0 Å². The molecule has 0 spiro atoms. The van der Waals surface area contributed by atoms with Gasteiger partial charge in [-0.05, 0) is 22.0 Å². The lowest BCUT2D eigenvalue weighted by Crippen LogP contribution is -2.01. The van der Waals surface area contributed by atoms with E-state index >= 15 is 0 Å². The Morgan fingerprint density at radius 1 is 1.75 bits per heavy atom. The number of hydrogen-bond acceptors (Lipinski definition) is 2. The van der Waals surface area contributed by atoms with Crippen molar-refractivity contribution in [2.75, 3.05) is 0 Å². The van der Waals surface area contributed by atoms with Crippen LogP contribution in [0.25, 0.3) is 0 Å². The summed E-state index contributed by atoms with van der Waals surface area (Å²) < 4.78 is 0.662. The van der Waals surface area contributed by atoms with E-state index in [9.17, 15) is 4.79 Å². The molecule has 5 heteroatoms. The Kier molecular flexibility index (Phi) is 3.05. The lowest BCUT2D eigenvalue weighted by Gasteiger charge is -1.98. The molecule has 0 atom stereocenters. The number of carbonyl (C=O) groups is 1. The minimum Gasteiger partial charge on any atom is -0.481 e. The van der Waals surface area contributed by atoms with Crippen molar-refractivity contribution in [1.82, 2.24) is 4.98 Å². The lowest BCUT2D eigenvalue weighted by molar-refractivity contribution is -0.136. The monoisotopic (exact) mass is 249 g/mol. The Morgan fingerprint density at radius 3 is 2.92 bits per heavy atom. The standard InChI is InChI=1S/C7H5BrClNO2/c8-5-1-4(2-7(11)12)10-3-6(5)9/h1,3H,2H2,(H,11,12). The van der Waals surface area contributed by atoms with Gasteiger partial charge in [-0.1, -0.05) is 11.6 Å². The van der Waals surface area contributed by atoms with Gasteiger partial charge in [0, 0.05) is 10.7 Å². The molecule has 0 aromatic carbocycles. The van der Waals surface area contributed by atoms with Crippen LogP contribution in [0.4, 0.5) is 0 Å². The number of aromatic nitrogens is 1.